The number of aromatic nitrogens is 3. The number of imidazole rings is 1. The molecular formula is C18H15BrCl2N4O3. The molecule has 2 aromatic heterocycles. The van der Waals surface area contributed by atoms with Crippen molar-refractivity contribution >= 4 is 50.8 Å². The lowest BCUT2D eigenvalue weighted by Crippen LogP contribution is -2.21. The second kappa shape index (κ2) is 7.98. The molecule has 0 aliphatic carbocycles. The van der Waals surface area contributed by atoms with E-state index in [9.17, 15) is 14.7 Å². The van der Waals surface area contributed by atoms with E-state index in [4.69, 9.17) is 23.2 Å². The summed E-state index contributed by atoms with van der Waals surface area (Å²) in [5.41, 5.74) is 1.29. The first kappa shape index (κ1) is 20.4. The molecule has 2 N–H and O–H groups in total. The van der Waals surface area contributed by atoms with Crippen LogP contribution in [-0.2, 0) is 14.1 Å². The van der Waals surface area contributed by atoms with Crippen LogP contribution in [0.25, 0.3) is 0 Å². The van der Waals surface area contributed by atoms with Crippen molar-refractivity contribution in [3.05, 3.63) is 78.6 Å². The number of anilines is 1. The third-order valence-electron chi connectivity index (χ3n) is 4.21. The van der Waals surface area contributed by atoms with E-state index in [0.717, 1.165) is 5.56 Å². The van der Waals surface area contributed by atoms with Crippen molar-refractivity contribution in [2.24, 2.45) is 14.1 Å². The molecule has 1 atom stereocenters. The molecule has 3 aromatic rings. The average Bonchev–Trinajstić information content (AvgIpc) is 2.94. The first-order valence-electron chi connectivity index (χ1n) is 8.02. The Morgan fingerprint density at radius 3 is 2.46 bits per heavy atom. The summed E-state index contributed by atoms with van der Waals surface area (Å²) in [6.07, 6.45) is 1.59. The zero-order chi connectivity index (χ0) is 20.6. The van der Waals surface area contributed by atoms with Crippen molar-refractivity contribution in [1.29, 1.82) is 0 Å². The predicted octanol–water partition coefficient (Wildman–Crippen LogP) is 4.09. The first-order valence-corrected chi connectivity index (χ1v) is 9.57. The van der Waals surface area contributed by atoms with Gasteiger partial charge in [-0.25, -0.2) is 9.78 Å². The van der Waals surface area contributed by atoms with Crippen molar-refractivity contribution in [1.82, 2.24) is 14.1 Å². The molecule has 0 aliphatic heterocycles. The van der Waals surface area contributed by atoms with E-state index in [0.29, 0.717) is 21.1 Å². The zero-order valence-electron chi connectivity index (χ0n) is 14.8. The number of aromatic carboxylic acids is 1. The summed E-state index contributed by atoms with van der Waals surface area (Å²) in [6.45, 7) is 0. The summed E-state index contributed by atoms with van der Waals surface area (Å²) in [5.74, 6) is -1.16. The summed E-state index contributed by atoms with van der Waals surface area (Å²) >= 11 is 15.3. The second-order valence-corrected chi connectivity index (χ2v) is 7.65. The quantitative estimate of drug-likeness (QED) is 0.568. The van der Waals surface area contributed by atoms with Crippen LogP contribution in [0.5, 0.6) is 0 Å². The van der Waals surface area contributed by atoms with Gasteiger partial charge in [0.05, 0.1) is 17.4 Å². The highest BCUT2D eigenvalue weighted by Crippen LogP contribution is 2.32. The van der Waals surface area contributed by atoms with E-state index in [1.54, 1.807) is 49.1 Å². The Morgan fingerprint density at radius 1 is 1.25 bits per heavy atom. The van der Waals surface area contributed by atoms with E-state index in [2.05, 4.69) is 26.2 Å². The standard InChI is InChI=1S/C18H15BrCl2N4O3/c1-24-8-11(7-12(21)16(24)26)22-13(9-3-5-10(20)6-4-9)15-14(17(27)28)23-18(19)25(15)2/h3-8,13,22H,1-2H3,(H,27,28). The van der Waals surface area contributed by atoms with E-state index in [1.165, 1.54) is 10.6 Å². The highest BCUT2D eigenvalue weighted by Gasteiger charge is 2.28. The number of benzene rings is 1. The highest BCUT2D eigenvalue weighted by molar-refractivity contribution is 9.10. The van der Waals surface area contributed by atoms with Crippen LogP contribution >= 0.6 is 39.1 Å². The average molecular weight is 486 g/mol. The molecule has 0 bridgehead atoms. The minimum Gasteiger partial charge on any atom is -0.476 e. The number of hydrogen-bond donors (Lipinski definition) is 2. The number of rotatable bonds is 5. The van der Waals surface area contributed by atoms with Gasteiger partial charge < -0.3 is 19.6 Å². The van der Waals surface area contributed by atoms with Crippen LogP contribution in [0.3, 0.4) is 0 Å². The lowest BCUT2D eigenvalue weighted by molar-refractivity contribution is 0.0689. The fourth-order valence-electron chi connectivity index (χ4n) is 2.85. The predicted molar refractivity (Wildman–Crippen MR) is 111 cm³/mol. The van der Waals surface area contributed by atoms with E-state index in [-0.39, 0.29) is 16.3 Å². The Balaban J connectivity index is 2.18. The molecule has 0 amide bonds. The van der Waals surface area contributed by atoms with Gasteiger partial charge in [0.15, 0.2) is 10.4 Å². The van der Waals surface area contributed by atoms with Gasteiger partial charge in [-0.2, -0.15) is 0 Å². The summed E-state index contributed by atoms with van der Waals surface area (Å²) in [6, 6.07) is 7.90. The normalized spacial score (nSPS) is 12.0. The molecule has 0 saturated carbocycles. The van der Waals surface area contributed by atoms with Crippen LogP contribution in [0, 0.1) is 0 Å². The van der Waals surface area contributed by atoms with Crippen molar-refractivity contribution in [3.63, 3.8) is 0 Å². The SMILES string of the molecule is Cn1c(Br)nc(C(=O)O)c1C(Nc1cc(Cl)c(=O)n(C)c1)c1ccc(Cl)cc1. The third-order valence-corrected chi connectivity index (χ3v) is 5.45. The van der Waals surface area contributed by atoms with Crippen molar-refractivity contribution in [2.75, 3.05) is 5.32 Å². The van der Waals surface area contributed by atoms with Crippen LogP contribution in [-0.4, -0.2) is 25.2 Å². The van der Waals surface area contributed by atoms with Crippen LogP contribution in [0.15, 0.2) is 46.1 Å². The molecule has 0 radical (unpaired) electrons. The molecule has 7 nitrogen and oxygen atoms in total. The molecule has 0 fully saturated rings. The minimum absolute atomic E-state index is 0.0481. The first-order chi connectivity index (χ1) is 13.2. The maximum Gasteiger partial charge on any atom is 0.356 e. The summed E-state index contributed by atoms with van der Waals surface area (Å²) in [7, 11) is 3.29. The number of carbonyl (C=O) groups is 1. The van der Waals surface area contributed by atoms with Crippen LogP contribution < -0.4 is 10.9 Å². The number of aryl methyl sites for hydroxylation is 1. The number of hydrogen-bond acceptors (Lipinski definition) is 4. The molecule has 1 aromatic carbocycles. The van der Waals surface area contributed by atoms with Gasteiger partial charge in [0.1, 0.15) is 5.02 Å². The number of nitrogens with one attached hydrogen (secondary N) is 1. The van der Waals surface area contributed by atoms with Gasteiger partial charge in [-0.15, -0.1) is 0 Å². The molecule has 3 rings (SSSR count). The van der Waals surface area contributed by atoms with E-state index < -0.39 is 12.0 Å². The van der Waals surface area contributed by atoms with Crippen LogP contribution in [0.4, 0.5) is 5.69 Å². The minimum atomic E-state index is -1.16. The van der Waals surface area contributed by atoms with Gasteiger partial charge in [-0.3, -0.25) is 4.79 Å². The van der Waals surface area contributed by atoms with Crippen LogP contribution in [0.2, 0.25) is 10.0 Å². The number of carboxylic acids is 1. The Morgan fingerprint density at radius 2 is 1.89 bits per heavy atom. The van der Waals surface area contributed by atoms with Crippen molar-refractivity contribution in [2.45, 2.75) is 6.04 Å². The van der Waals surface area contributed by atoms with Gasteiger partial charge >= 0.3 is 5.97 Å². The topological polar surface area (TPSA) is 89.2 Å². The Bertz CT molecular complexity index is 1080. The molecule has 146 valence electrons. The largest absolute Gasteiger partial charge is 0.476 e. The van der Waals surface area contributed by atoms with Gasteiger partial charge in [-0.1, -0.05) is 35.3 Å². The zero-order valence-corrected chi connectivity index (χ0v) is 17.9. The molecule has 28 heavy (non-hydrogen) atoms. The van der Waals surface area contributed by atoms with Crippen molar-refractivity contribution < 1.29 is 9.90 Å². The summed E-state index contributed by atoms with van der Waals surface area (Å²) in [5, 5.41) is 13.5. The van der Waals surface area contributed by atoms with Gasteiger partial charge in [0.25, 0.3) is 5.56 Å². The summed E-state index contributed by atoms with van der Waals surface area (Å²) < 4.78 is 3.36. The lowest BCUT2D eigenvalue weighted by atomic mass is 10.0. The van der Waals surface area contributed by atoms with Gasteiger partial charge in [0, 0.05) is 25.3 Å². The molecular weight excluding hydrogens is 471 g/mol. The smallest absolute Gasteiger partial charge is 0.356 e. The molecule has 2 heterocycles. The Kier molecular flexibility index (Phi) is 5.83. The lowest BCUT2D eigenvalue weighted by Gasteiger charge is -2.22. The monoisotopic (exact) mass is 484 g/mol. The fraction of sp³-hybridized carbons (Fsp3) is 0.167. The summed E-state index contributed by atoms with van der Waals surface area (Å²) in [4.78, 5) is 27.7. The number of pyridine rings is 1. The molecule has 0 saturated heterocycles. The van der Waals surface area contributed by atoms with Gasteiger partial charge in [0.2, 0.25) is 0 Å². The fourth-order valence-corrected chi connectivity index (χ4v) is 3.60. The molecule has 1 unspecified atom stereocenters. The van der Waals surface area contributed by atoms with E-state index >= 15 is 0 Å². The number of carboxylic acid groups (broad SMARTS) is 1. The number of halogens is 3. The third kappa shape index (κ3) is 3.94. The Labute approximate surface area is 178 Å². The van der Waals surface area contributed by atoms with E-state index in [1.807, 2.05) is 0 Å². The van der Waals surface area contributed by atoms with Crippen molar-refractivity contribution in [3.8, 4) is 0 Å². The van der Waals surface area contributed by atoms with Crippen LogP contribution in [0.1, 0.15) is 27.8 Å². The maximum absolute atomic E-state index is 11.9. The highest BCUT2D eigenvalue weighted by atomic mass is 79.9. The maximum atomic E-state index is 11.9. The van der Waals surface area contributed by atoms with Gasteiger partial charge in [-0.05, 0) is 39.7 Å². The second-order valence-electron chi connectivity index (χ2n) is 6.10. The molecule has 10 heteroatoms. The molecule has 0 spiro atoms. The number of nitrogens with zero attached hydrogens (tertiary/aromatic N) is 3. The Hall–Kier alpha value is -2.29. The molecule has 0 aliphatic rings.